The van der Waals surface area contributed by atoms with Crippen molar-refractivity contribution < 1.29 is 28.6 Å². The van der Waals surface area contributed by atoms with Crippen LogP contribution in [0.15, 0.2) is 46.9 Å². The second kappa shape index (κ2) is 15.4. The van der Waals surface area contributed by atoms with Gasteiger partial charge in [-0.25, -0.2) is 14.6 Å². The molecule has 1 fully saturated rings. The van der Waals surface area contributed by atoms with Crippen LogP contribution < -0.4 is 5.32 Å². The zero-order chi connectivity index (χ0) is 35.2. The van der Waals surface area contributed by atoms with Gasteiger partial charge in [0.2, 0.25) is 5.91 Å². The van der Waals surface area contributed by atoms with E-state index in [9.17, 15) is 19.5 Å². The number of para-hydroxylation sites is 1. The molecule has 1 aliphatic heterocycles. The molecule has 1 atom stereocenters. The molecule has 0 spiro atoms. The summed E-state index contributed by atoms with van der Waals surface area (Å²) in [5.74, 6) is 0.374. The number of rotatable bonds is 10. The van der Waals surface area contributed by atoms with E-state index >= 15 is 0 Å². The second-order valence-electron chi connectivity index (χ2n) is 15.5. The molecule has 0 aliphatic carbocycles. The molecule has 3 aromatic rings. The molecular formula is C38H54N4O6. The van der Waals surface area contributed by atoms with Gasteiger partial charge in [-0.2, -0.15) is 0 Å². The number of imide groups is 1. The molecule has 48 heavy (non-hydrogen) atoms. The van der Waals surface area contributed by atoms with Crippen molar-refractivity contribution in [2.75, 3.05) is 19.6 Å². The van der Waals surface area contributed by atoms with Crippen molar-refractivity contribution in [1.82, 2.24) is 20.1 Å². The lowest BCUT2D eigenvalue weighted by molar-refractivity contribution is -0.134. The Balaban J connectivity index is 1.52. The standard InChI is InChI=1S/C38H54N4O6/c1-25(2)17-22-42(34(44)27-18-20-41(21-19-27)36(46)48-38(6,7)8)35(45)39-29(15-13-26-11-9-10-12-31(26)43)24-33-40-30-23-28(37(3,4)5)14-16-32(30)47-33/h9-12,14,16,23,25,27,29,43H,13,15,17-22,24H2,1-8H3,(H,39,45)/t29-/m0/s1. The van der Waals surface area contributed by atoms with E-state index in [0.717, 1.165) is 16.6 Å². The van der Waals surface area contributed by atoms with E-state index < -0.39 is 17.7 Å². The number of benzene rings is 2. The number of likely N-dealkylation sites (tertiary alicyclic amines) is 1. The molecule has 0 unspecified atom stereocenters. The van der Waals surface area contributed by atoms with Gasteiger partial charge in [-0.05, 0) is 93.5 Å². The molecule has 0 saturated carbocycles. The quantitative estimate of drug-likeness (QED) is 0.229. The monoisotopic (exact) mass is 662 g/mol. The van der Waals surface area contributed by atoms with Gasteiger partial charge in [0.05, 0.1) is 0 Å². The first-order valence-corrected chi connectivity index (χ1v) is 17.3. The molecule has 1 saturated heterocycles. The minimum absolute atomic E-state index is 0.0418. The van der Waals surface area contributed by atoms with E-state index in [4.69, 9.17) is 14.1 Å². The van der Waals surface area contributed by atoms with Crippen LogP contribution in [0, 0.1) is 11.8 Å². The van der Waals surface area contributed by atoms with Crippen LogP contribution in [-0.2, 0) is 27.8 Å². The van der Waals surface area contributed by atoms with E-state index in [0.29, 0.717) is 69.6 Å². The number of phenolic OH excluding ortho intramolecular Hbond substituents is 1. The highest BCUT2D eigenvalue weighted by Gasteiger charge is 2.35. The van der Waals surface area contributed by atoms with E-state index in [1.165, 1.54) is 4.90 Å². The van der Waals surface area contributed by atoms with E-state index in [2.05, 4.69) is 39.9 Å². The number of aryl methyl sites for hydroxylation is 1. The van der Waals surface area contributed by atoms with Gasteiger partial charge in [-0.3, -0.25) is 9.69 Å². The summed E-state index contributed by atoms with van der Waals surface area (Å²) in [6.45, 7) is 17.1. The molecule has 1 aliphatic rings. The van der Waals surface area contributed by atoms with Crippen LogP contribution in [0.4, 0.5) is 9.59 Å². The lowest BCUT2D eigenvalue weighted by atomic mass is 9.87. The number of nitrogens with zero attached hydrogens (tertiary/aromatic N) is 3. The summed E-state index contributed by atoms with van der Waals surface area (Å²) in [6.07, 6.45) is 2.52. The largest absolute Gasteiger partial charge is 0.508 e. The fraction of sp³-hybridized carbons (Fsp3) is 0.579. The number of amides is 4. The third kappa shape index (κ3) is 10.2. The van der Waals surface area contributed by atoms with E-state index in [1.807, 2.05) is 51.1 Å². The smallest absolute Gasteiger partial charge is 0.410 e. The van der Waals surface area contributed by atoms with Gasteiger partial charge in [0.1, 0.15) is 16.9 Å². The Kier molecular flexibility index (Phi) is 11.8. The predicted octanol–water partition coefficient (Wildman–Crippen LogP) is 7.61. The van der Waals surface area contributed by atoms with Crippen molar-refractivity contribution in [3.63, 3.8) is 0 Å². The summed E-state index contributed by atoms with van der Waals surface area (Å²) in [5.41, 5.74) is 2.72. The van der Waals surface area contributed by atoms with Crippen molar-refractivity contribution in [3.8, 4) is 5.75 Å². The highest BCUT2D eigenvalue weighted by Crippen LogP contribution is 2.28. The van der Waals surface area contributed by atoms with Crippen LogP contribution in [0.5, 0.6) is 5.75 Å². The topological polar surface area (TPSA) is 125 Å². The lowest BCUT2D eigenvalue weighted by Gasteiger charge is -2.35. The number of carbonyl (C=O) groups excluding carboxylic acids is 3. The maximum atomic E-state index is 14.0. The van der Waals surface area contributed by atoms with Crippen molar-refractivity contribution in [2.45, 2.75) is 111 Å². The number of urea groups is 1. The predicted molar refractivity (Wildman–Crippen MR) is 187 cm³/mol. The summed E-state index contributed by atoms with van der Waals surface area (Å²) >= 11 is 0. The van der Waals surface area contributed by atoms with Crippen molar-refractivity contribution in [3.05, 3.63) is 59.5 Å². The number of phenols is 1. The fourth-order valence-electron chi connectivity index (χ4n) is 5.82. The molecule has 2 aromatic carbocycles. The average molecular weight is 663 g/mol. The zero-order valence-electron chi connectivity index (χ0n) is 30.0. The Labute approximate surface area is 285 Å². The number of hydrogen-bond acceptors (Lipinski definition) is 7. The Morgan fingerprint density at radius 3 is 2.35 bits per heavy atom. The summed E-state index contributed by atoms with van der Waals surface area (Å²) in [4.78, 5) is 48.3. The number of nitrogens with one attached hydrogen (secondary N) is 1. The Morgan fingerprint density at radius 2 is 1.73 bits per heavy atom. The van der Waals surface area contributed by atoms with Gasteiger partial charge in [-0.1, -0.05) is 58.9 Å². The van der Waals surface area contributed by atoms with Gasteiger partial charge in [0.15, 0.2) is 11.5 Å². The van der Waals surface area contributed by atoms with Gasteiger partial charge < -0.3 is 24.5 Å². The Bertz CT molecular complexity index is 1560. The zero-order valence-corrected chi connectivity index (χ0v) is 30.0. The highest BCUT2D eigenvalue weighted by atomic mass is 16.6. The third-order valence-corrected chi connectivity index (χ3v) is 8.74. The molecule has 0 radical (unpaired) electrons. The molecule has 4 amide bonds. The van der Waals surface area contributed by atoms with Crippen LogP contribution in [-0.4, -0.2) is 69.2 Å². The first-order chi connectivity index (χ1) is 22.5. The van der Waals surface area contributed by atoms with Crippen molar-refractivity contribution in [1.29, 1.82) is 0 Å². The summed E-state index contributed by atoms with van der Waals surface area (Å²) in [5, 5.41) is 13.5. The first-order valence-electron chi connectivity index (χ1n) is 17.3. The van der Waals surface area contributed by atoms with Crippen LogP contribution in [0.3, 0.4) is 0 Å². The van der Waals surface area contributed by atoms with Gasteiger partial charge >= 0.3 is 12.1 Å². The maximum absolute atomic E-state index is 14.0. The first kappa shape index (κ1) is 36.8. The number of carbonyl (C=O) groups is 3. The van der Waals surface area contributed by atoms with Crippen LogP contribution in [0.25, 0.3) is 11.1 Å². The minimum atomic E-state index is -0.599. The number of oxazole rings is 1. The Hall–Kier alpha value is -4.08. The maximum Gasteiger partial charge on any atom is 0.410 e. The van der Waals surface area contributed by atoms with Gasteiger partial charge in [0.25, 0.3) is 0 Å². The lowest BCUT2D eigenvalue weighted by Crippen LogP contribution is -2.52. The number of aromatic nitrogens is 1. The average Bonchev–Trinajstić information content (AvgIpc) is 3.41. The second-order valence-corrected chi connectivity index (χ2v) is 15.5. The third-order valence-electron chi connectivity index (χ3n) is 8.74. The molecule has 4 rings (SSSR count). The van der Waals surface area contributed by atoms with Crippen LogP contribution in [0.2, 0.25) is 0 Å². The molecule has 10 heteroatoms. The summed E-state index contributed by atoms with van der Waals surface area (Å²) in [6, 6.07) is 12.3. The highest BCUT2D eigenvalue weighted by molar-refractivity contribution is 5.95. The fourth-order valence-corrected chi connectivity index (χ4v) is 5.82. The number of aromatic hydroxyl groups is 1. The number of fused-ring (bicyclic) bond motifs is 1. The summed E-state index contributed by atoms with van der Waals surface area (Å²) in [7, 11) is 0. The van der Waals surface area contributed by atoms with Crippen molar-refractivity contribution >= 4 is 29.1 Å². The molecule has 2 N–H and O–H groups in total. The Morgan fingerprint density at radius 1 is 1.04 bits per heavy atom. The molecule has 2 heterocycles. The minimum Gasteiger partial charge on any atom is -0.508 e. The number of ether oxygens (including phenoxy) is 1. The molecule has 10 nitrogen and oxygen atoms in total. The van der Waals surface area contributed by atoms with Crippen LogP contribution >= 0.6 is 0 Å². The van der Waals surface area contributed by atoms with Gasteiger partial charge in [0, 0.05) is 38.0 Å². The molecule has 1 aromatic heterocycles. The number of piperidine rings is 1. The van der Waals surface area contributed by atoms with E-state index in [1.54, 1.807) is 17.0 Å². The summed E-state index contributed by atoms with van der Waals surface area (Å²) < 4.78 is 11.6. The molecule has 0 bridgehead atoms. The molecular weight excluding hydrogens is 608 g/mol. The normalized spacial score (nSPS) is 15.1. The van der Waals surface area contributed by atoms with Crippen molar-refractivity contribution in [2.24, 2.45) is 11.8 Å². The number of hydrogen-bond donors (Lipinski definition) is 2. The molecule has 262 valence electrons. The van der Waals surface area contributed by atoms with Gasteiger partial charge in [-0.15, -0.1) is 0 Å². The SMILES string of the molecule is CC(C)CCN(C(=O)N[C@@H](CCc1ccccc1O)Cc1nc2cc(C(C)(C)C)ccc2o1)C(=O)C1CCN(C(=O)OC(C)(C)C)CC1. The van der Waals surface area contributed by atoms with Crippen LogP contribution in [0.1, 0.15) is 98.1 Å². The van der Waals surface area contributed by atoms with E-state index in [-0.39, 0.29) is 35.0 Å².